The topological polar surface area (TPSA) is 54.3 Å². The van der Waals surface area contributed by atoms with E-state index >= 15 is 0 Å². The fourth-order valence-corrected chi connectivity index (χ4v) is 1.67. The first-order valence-electron chi connectivity index (χ1n) is 3.74. The maximum atomic E-state index is 11.2. The van der Waals surface area contributed by atoms with Crippen molar-refractivity contribution in [3.05, 3.63) is 27.4 Å². The summed E-state index contributed by atoms with van der Waals surface area (Å²) in [7, 11) is 0. The highest BCUT2D eigenvalue weighted by Gasteiger charge is 2.20. The number of amides is 1. The minimum atomic E-state index is -0.235. The molecule has 0 radical (unpaired) electrons. The summed E-state index contributed by atoms with van der Waals surface area (Å²) in [5, 5.41) is 5.52. The van der Waals surface area contributed by atoms with Crippen LogP contribution in [-0.4, -0.2) is 11.0 Å². The second-order valence-corrected chi connectivity index (χ2v) is 4.08. The minimum Gasteiger partial charge on any atom is -0.451 e. The molecular formula is C8H5IN2O2S. The van der Waals surface area contributed by atoms with Crippen LogP contribution in [0.2, 0.25) is 0 Å². The highest BCUT2D eigenvalue weighted by Crippen LogP contribution is 2.13. The Bertz CT molecular complexity index is 438. The van der Waals surface area contributed by atoms with Gasteiger partial charge in [-0.1, -0.05) is 0 Å². The summed E-state index contributed by atoms with van der Waals surface area (Å²) in [6.45, 7) is 0. The molecule has 1 saturated heterocycles. The van der Waals surface area contributed by atoms with E-state index in [9.17, 15) is 4.79 Å². The van der Waals surface area contributed by atoms with E-state index in [0.29, 0.717) is 16.6 Å². The lowest BCUT2D eigenvalue weighted by molar-refractivity contribution is -0.115. The average Bonchev–Trinajstić information content (AvgIpc) is 2.61. The zero-order valence-corrected chi connectivity index (χ0v) is 9.81. The molecule has 2 N–H and O–H groups in total. The van der Waals surface area contributed by atoms with E-state index in [1.165, 1.54) is 0 Å². The van der Waals surface area contributed by atoms with Crippen molar-refractivity contribution in [3.63, 3.8) is 0 Å². The van der Waals surface area contributed by atoms with E-state index in [1.54, 1.807) is 12.1 Å². The monoisotopic (exact) mass is 320 g/mol. The van der Waals surface area contributed by atoms with Gasteiger partial charge in [0.15, 0.2) is 8.88 Å². The van der Waals surface area contributed by atoms with Gasteiger partial charge in [0.05, 0.1) is 0 Å². The quantitative estimate of drug-likeness (QED) is 0.464. The first-order chi connectivity index (χ1) is 6.65. The third-order valence-corrected chi connectivity index (χ3v) is 2.38. The lowest BCUT2D eigenvalue weighted by Gasteiger charge is -1.91. The highest BCUT2D eigenvalue weighted by atomic mass is 127. The number of rotatable bonds is 1. The lowest BCUT2D eigenvalue weighted by Crippen LogP contribution is -2.21. The van der Waals surface area contributed by atoms with Crippen LogP contribution in [0.4, 0.5) is 0 Å². The van der Waals surface area contributed by atoms with Gasteiger partial charge in [-0.25, -0.2) is 0 Å². The Hall–Kier alpha value is -0.890. The molecule has 0 spiro atoms. The maximum Gasteiger partial charge on any atom is 0.274 e. The SMILES string of the molecule is O=C1NC(=S)N/C1=C/c1ccc(I)o1. The number of carbonyl (C=O) groups excluding carboxylic acids is 1. The van der Waals surface area contributed by atoms with Crippen molar-refractivity contribution in [1.82, 2.24) is 10.6 Å². The molecule has 0 saturated carbocycles. The Labute approximate surface area is 98.9 Å². The van der Waals surface area contributed by atoms with Gasteiger partial charge in [0.1, 0.15) is 11.5 Å². The molecule has 0 aromatic carbocycles. The summed E-state index contributed by atoms with van der Waals surface area (Å²) >= 11 is 6.83. The summed E-state index contributed by atoms with van der Waals surface area (Å²) in [5.41, 5.74) is 0.403. The molecule has 0 aliphatic carbocycles. The van der Waals surface area contributed by atoms with E-state index in [0.717, 1.165) is 3.77 Å². The number of hydrogen-bond acceptors (Lipinski definition) is 3. The Kier molecular flexibility index (Phi) is 2.55. The number of halogens is 1. The zero-order chi connectivity index (χ0) is 10.1. The number of nitrogens with one attached hydrogen (secondary N) is 2. The first-order valence-corrected chi connectivity index (χ1v) is 5.23. The second kappa shape index (κ2) is 3.70. The molecule has 1 fully saturated rings. The van der Waals surface area contributed by atoms with Crippen molar-refractivity contribution >= 4 is 51.9 Å². The molecule has 14 heavy (non-hydrogen) atoms. The van der Waals surface area contributed by atoms with Gasteiger partial charge in [-0.2, -0.15) is 0 Å². The molecule has 1 aromatic heterocycles. The van der Waals surface area contributed by atoms with Crippen molar-refractivity contribution in [2.24, 2.45) is 0 Å². The predicted molar refractivity (Wildman–Crippen MR) is 63.3 cm³/mol. The summed E-state index contributed by atoms with van der Waals surface area (Å²) in [6, 6.07) is 3.60. The third kappa shape index (κ3) is 1.95. The van der Waals surface area contributed by atoms with Gasteiger partial charge in [0, 0.05) is 6.08 Å². The zero-order valence-electron chi connectivity index (χ0n) is 6.83. The van der Waals surface area contributed by atoms with Crippen LogP contribution < -0.4 is 10.6 Å². The standard InChI is InChI=1S/C8H5IN2O2S/c9-6-2-1-4(13-6)3-5-7(12)11-8(14)10-5/h1-3H,(H2,10,11,12,14)/b5-3+. The Morgan fingerprint density at radius 1 is 1.43 bits per heavy atom. The van der Waals surface area contributed by atoms with Crippen LogP contribution in [0.25, 0.3) is 6.08 Å². The number of thiocarbonyl (C=S) groups is 1. The number of hydrogen-bond donors (Lipinski definition) is 2. The molecule has 0 bridgehead atoms. The summed E-state index contributed by atoms with van der Waals surface area (Å²) in [5.74, 6) is 0.387. The number of carbonyl (C=O) groups is 1. The van der Waals surface area contributed by atoms with Crippen LogP contribution in [-0.2, 0) is 4.79 Å². The molecule has 1 amide bonds. The van der Waals surface area contributed by atoms with Crippen molar-refractivity contribution in [1.29, 1.82) is 0 Å². The predicted octanol–water partition coefficient (Wildman–Crippen LogP) is 1.23. The van der Waals surface area contributed by atoms with Crippen LogP contribution in [0.15, 0.2) is 22.2 Å². The number of furan rings is 1. The van der Waals surface area contributed by atoms with Crippen LogP contribution in [0, 0.1) is 3.77 Å². The van der Waals surface area contributed by atoms with Gasteiger partial charge >= 0.3 is 0 Å². The normalized spacial score (nSPS) is 18.5. The molecule has 1 aliphatic heterocycles. The van der Waals surface area contributed by atoms with Crippen LogP contribution >= 0.6 is 34.8 Å². The van der Waals surface area contributed by atoms with Gasteiger partial charge in [-0.3, -0.25) is 10.1 Å². The second-order valence-electron chi connectivity index (χ2n) is 2.61. The Morgan fingerprint density at radius 3 is 2.71 bits per heavy atom. The van der Waals surface area contributed by atoms with Crippen molar-refractivity contribution < 1.29 is 9.21 Å². The maximum absolute atomic E-state index is 11.2. The molecular weight excluding hydrogens is 315 g/mol. The molecule has 1 aromatic rings. The average molecular weight is 320 g/mol. The van der Waals surface area contributed by atoms with E-state index in [2.05, 4.69) is 33.2 Å². The fraction of sp³-hybridized carbons (Fsp3) is 0. The van der Waals surface area contributed by atoms with E-state index in [-0.39, 0.29) is 5.91 Å². The highest BCUT2D eigenvalue weighted by molar-refractivity contribution is 14.1. The van der Waals surface area contributed by atoms with Gasteiger partial charge in [0.2, 0.25) is 0 Å². The molecule has 2 heterocycles. The Balaban J connectivity index is 2.27. The van der Waals surface area contributed by atoms with Crippen molar-refractivity contribution in [3.8, 4) is 0 Å². The molecule has 2 rings (SSSR count). The van der Waals surface area contributed by atoms with Gasteiger partial charge in [-0.05, 0) is 46.9 Å². The summed E-state index contributed by atoms with van der Waals surface area (Å²) in [6.07, 6.45) is 1.61. The summed E-state index contributed by atoms with van der Waals surface area (Å²) < 4.78 is 6.05. The van der Waals surface area contributed by atoms with E-state index < -0.39 is 0 Å². The fourth-order valence-electron chi connectivity index (χ4n) is 1.03. The van der Waals surface area contributed by atoms with Crippen LogP contribution in [0.5, 0.6) is 0 Å². The molecule has 72 valence electrons. The first kappa shape index (κ1) is 9.66. The van der Waals surface area contributed by atoms with E-state index in [1.807, 2.05) is 6.07 Å². The third-order valence-electron chi connectivity index (χ3n) is 1.60. The van der Waals surface area contributed by atoms with Crippen LogP contribution in [0.1, 0.15) is 5.76 Å². The van der Waals surface area contributed by atoms with Gasteiger partial charge in [0.25, 0.3) is 5.91 Å². The molecule has 0 unspecified atom stereocenters. The smallest absolute Gasteiger partial charge is 0.274 e. The Morgan fingerprint density at radius 2 is 2.21 bits per heavy atom. The van der Waals surface area contributed by atoms with E-state index in [4.69, 9.17) is 16.6 Å². The van der Waals surface area contributed by atoms with Gasteiger partial charge < -0.3 is 9.73 Å². The van der Waals surface area contributed by atoms with Crippen molar-refractivity contribution in [2.75, 3.05) is 0 Å². The largest absolute Gasteiger partial charge is 0.451 e. The molecule has 0 atom stereocenters. The molecule has 1 aliphatic rings. The summed E-state index contributed by atoms with van der Waals surface area (Å²) in [4.78, 5) is 11.2. The van der Waals surface area contributed by atoms with Crippen molar-refractivity contribution in [2.45, 2.75) is 0 Å². The molecule has 6 heteroatoms. The van der Waals surface area contributed by atoms with Gasteiger partial charge in [-0.15, -0.1) is 0 Å². The lowest BCUT2D eigenvalue weighted by atomic mass is 10.3. The molecule has 4 nitrogen and oxygen atoms in total. The van der Waals surface area contributed by atoms with Crippen LogP contribution in [0.3, 0.4) is 0 Å². The minimum absolute atomic E-state index is 0.235.